The van der Waals surface area contributed by atoms with E-state index in [1.54, 1.807) is 0 Å². The van der Waals surface area contributed by atoms with Crippen molar-refractivity contribution in [3.05, 3.63) is 34.3 Å². The molecule has 2 rings (SSSR count). The van der Waals surface area contributed by atoms with Crippen molar-refractivity contribution in [1.29, 1.82) is 0 Å². The molecule has 1 fully saturated rings. The summed E-state index contributed by atoms with van der Waals surface area (Å²) >= 11 is 3.42. The van der Waals surface area contributed by atoms with Crippen molar-refractivity contribution in [2.75, 3.05) is 19.7 Å². The van der Waals surface area contributed by atoms with Crippen LogP contribution in [0.1, 0.15) is 25.5 Å². The van der Waals surface area contributed by atoms with E-state index >= 15 is 0 Å². The highest BCUT2D eigenvalue weighted by molar-refractivity contribution is 9.10. The minimum absolute atomic E-state index is 0.0189. The fourth-order valence-electron chi connectivity index (χ4n) is 2.22. The van der Waals surface area contributed by atoms with Gasteiger partial charge in [-0.3, -0.25) is 4.79 Å². The number of rotatable bonds is 3. The van der Waals surface area contributed by atoms with E-state index < -0.39 is 6.04 Å². The van der Waals surface area contributed by atoms with Crippen molar-refractivity contribution >= 4 is 21.8 Å². The Balaban J connectivity index is 2.05. The molecule has 0 unspecified atom stereocenters. The molecule has 0 radical (unpaired) electrons. The van der Waals surface area contributed by atoms with Crippen LogP contribution in [0.5, 0.6) is 0 Å². The summed E-state index contributed by atoms with van der Waals surface area (Å²) in [5.74, 6) is 0.168. The van der Waals surface area contributed by atoms with Crippen LogP contribution in [0.15, 0.2) is 28.7 Å². The Hall–Kier alpha value is -0.910. The first-order valence-electron chi connectivity index (χ1n) is 6.90. The molecule has 0 aromatic heterocycles. The molecule has 0 aliphatic carbocycles. The van der Waals surface area contributed by atoms with Crippen LogP contribution in [-0.2, 0) is 9.53 Å². The Morgan fingerprint density at radius 1 is 1.40 bits per heavy atom. The molecule has 5 heteroatoms. The van der Waals surface area contributed by atoms with Gasteiger partial charge in [-0.25, -0.2) is 0 Å². The predicted octanol–water partition coefficient (Wildman–Crippen LogP) is 2.33. The van der Waals surface area contributed by atoms with E-state index in [1.807, 2.05) is 43.0 Å². The average molecular weight is 341 g/mol. The molecule has 2 N–H and O–H groups in total. The van der Waals surface area contributed by atoms with Crippen molar-refractivity contribution in [2.45, 2.75) is 26.0 Å². The summed E-state index contributed by atoms with van der Waals surface area (Å²) in [6.45, 7) is 5.68. The third kappa shape index (κ3) is 3.59. The number of carbonyl (C=O) groups is 1. The molecular formula is C15H21BrN2O2. The summed E-state index contributed by atoms with van der Waals surface area (Å²) in [5.41, 5.74) is 7.04. The molecule has 1 aromatic carbocycles. The second-order valence-electron chi connectivity index (χ2n) is 5.47. The normalized spacial score (nSPS) is 21.1. The van der Waals surface area contributed by atoms with Crippen LogP contribution in [-0.4, -0.2) is 36.5 Å². The SMILES string of the molecule is CC(C)[C@@H](N)C(=O)N1CCO[C@@H](c2ccc(Br)cc2)C1. The van der Waals surface area contributed by atoms with Crippen molar-refractivity contribution in [3.8, 4) is 0 Å². The predicted molar refractivity (Wildman–Crippen MR) is 82.2 cm³/mol. The maximum Gasteiger partial charge on any atom is 0.239 e. The van der Waals surface area contributed by atoms with E-state index in [4.69, 9.17) is 10.5 Å². The van der Waals surface area contributed by atoms with Gasteiger partial charge in [-0.1, -0.05) is 41.9 Å². The summed E-state index contributed by atoms with van der Waals surface area (Å²) in [6.07, 6.45) is -0.0693. The number of carbonyl (C=O) groups excluding carboxylic acids is 1. The lowest BCUT2D eigenvalue weighted by Gasteiger charge is -2.35. The summed E-state index contributed by atoms with van der Waals surface area (Å²) in [4.78, 5) is 14.1. The lowest BCUT2D eigenvalue weighted by Crippen LogP contribution is -2.51. The topological polar surface area (TPSA) is 55.6 Å². The number of halogens is 1. The van der Waals surface area contributed by atoms with Crippen molar-refractivity contribution in [1.82, 2.24) is 4.90 Å². The first kappa shape index (κ1) is 15.5. The van der Waals surface area contributed by atoms with Gasteiger partial charge in [0.15, 0.2) is 0 Å². The highest BCUT2D eigenvalue weighted by Gasteiger charge is 2.29. The van der Waals surface area contributed by atoms with Crippen LogP contribution in [0.3, 0.4) is 0 Å². The van der Waals surface area contributed by atoms with E-state index in [0.717, 1.165) is 10.0 Å². The average Bonchev–Trinajstić information content (AvgIpc) is 2.46. The molecule has 2 atom stereocenters. The molecule has 0 bridgehead atoms. The minimum Gasteiger partial charge on any atom is -0.370 e. The number of nitrogens with two attached hydrogens (primary N) is 1. The molecule has 1 aromatic rings. The number of ether oxygens (including phenoxy) is 1. The maximum atomic E-state index is 12.3. The first-order valence-corrected chi connectivity index (χ1v) is 7.69. The molecule has 0 spiro atoms. The number of nitrogens with zero attached hydrogens (tertiary/aromatic N) is 1. The number of hydrogen-bond donors (Lipinski definition) is 1. The molecule has 0 saturated carbocycles. The van der Waals surface area contributed by atoms with Gasteiger partial charge in [0, 0.05) is 11.0 Å². The van der Waals surface area contributed by atoms with E-state index in [1.165, 1.54) is 0 Å². The van der Waals surface area contributed by atoms with Gasteiger partial charge in [0.25, 0.3) is 0 Å². The zero-order valence-electron chi connectivity index (χ0n) is 11.9. The second kappa shape index (κ2) is 6.70. The fraction of sp³-hybridized carbons (Fsp3) is 0.533. The van der Waals surface area contributed by atoms with Crippen LogP contribution >= 0.6 is 15.9 Å². The monoisotopic (exact) mass is 340 g/mol. The maximum absolute atomic E-state index is 12.3. The minimum atomic E-state index is -0.432. The molecule has 1 aliphatic heterocycles. The van der Waals surface area contributed by atoms with Gasteiger partial charge >= 0.3 is 0 Å². The van der Waals surface area contributed by atoms with Crippen LogP contribution in [0.25, 0.3) is 0 Å². The fourth-order valence-corrected chi connectivity index (χ4v) is 2.49. The number of hydrogen-bond acceptors (Lipinski definition) is 3. The second-order valence-corrected chi connectivity index (χ2v) is 6.38. The van der Waals surface area contributed by atoms with Crippen LogP contribution in [0, 0.1) is 5.92 Å². The largest absolute Gasteiger partial charge is 0.370 e. The standard InChI is InChI=1S/C15H21BrN2O2/c1-10(2)14(17)15(19)18-7-8-20-13(9-18)11-3-5-12(16)6-4-11/h3-6,10,13-14H,7-9,17H2,1-2H3/t13-,14-/m1/s1. The molecule has 4 nitrogen and oxygen atoms in total. The molecule has 1 saturated heterocycles. The van der Waals surface area contributed by atoms with E-state index in [0.29, 0.717) is 19.7 Å². The van der Waals surface area contributed by atoms with Crippen molar-refractivity contribution in [2.24, 2.45) is 11.7 Å². The highest BCUT2D eigenvalue weighted by Crippen LogP contribution is 2.24. The molecule has 1 amide bonds. The van der Waals surface area contributed by atoms with Gasteiger partial charge in [-0.2, -0.15) is 0 Å². The first-order chi connectivity index (χ1) is 9.49. The Labute approximate surface area is 128 Å². The number of amides is 1. The lowest BCUT2D eigenvalue weighted by atomic mass is 10.0. The third-order valence-corrected chi connectivity index (χ3v) is 4.15. The Kier molecular flexibility index (Phi) is 5.18. The molecule has 20 heavy (non-hydrogen) atoms. The smallest absolute Gasteiger partial charge is 0.239 e. The summed E-state index contributed by atoms with van der Waals surface area (Å²) in [6, 6.07) is 7.58. The highest BCUT2D eigenvalue weighted by atomic mass is 79.9. The summed E-state index contributed by atoms with van der Waals surface area (Å²) in [5, 5.41) is 0. The molecule has 1 aliphatic rings. The molecule has 110 valence electrons. The van der Waals surface area contributed by atoms with Crippen LogP contribution in [0.2, 0.25) is 0 Å². The van der Waals surface area contributed by atoms with Crippen LogP contribution < -0.4 is 5.73 Å². The number of benzene rings is 1. The van der Waals surface area contributed by atoms with Gasteiger partial charge in [-0.05, 0) is 23.6 Å². The van der Waals surface area contributed by atoms with Gasteiger partial charge < -0.3 is 15.4 Å². The molecular weight excluding hydrogens is 320 g/mol. The number of morpholine rings is 1. The van der Waals surface area contributed by atoms with Crippen molar-refractivity contribution in [3.63, 3.8) is 0 Å². The Morgan fingerprint density at radius 3 is 2.65 bits per heavy atom. The van der Waals surface area contributed by atoms with Crippen LogP contribution in [0.4, 0.5) is 0 Å². The summed E-state index contributed by atoms with van der Waals surface area (Å²) < 4.78 is 6.81. The summed E-state index contributed by atoms with van der Waals surface area (Å²) in [7, 11) is 0. The van der Waals surface area contributed by atoms with E-state index in [9.17, 15) is 4.79 Å². The Bertz CT molecular complexity index is 461. The van der Waals surface area contributed by atoms with Gasteiger partial charge in [0.2, 0.25) is 5.91 Å². The van der Waals surface area contributed by atoms with E-state index in [2.05, 4.69) is 15.9 Å². The molecule has 1 heterocycles. The van der Waals surface area contributed by atoms with Gasteiger partial charge in [0.05, 0.1) is 19.2 Å². The van der Waals surface area contributed by atoms with Gasteiger partial charge in [-0.15, -0.1) is 0 Å². The lowest BCUT2D eigenvalue weighted by molar-refractivity contribution is -0.141. The van der Waals surface area contributed by atoms with Gasteiger partial charge in [0.1, 0.15) is 6.10 Å². The van der Waals surface area contributed by atoms with E-state index in [-0.39, 0.29) is 17.9 Å². The third-order valence-electron chi connectivity index (χ3n) is 3.62. The quantitative estimate of drug-likeness (QED) is 0.918. The zero-order chi connectivity index (χ0) is 14.7. The Morgan fingerprint density at radius 2 is 2.05 bits per heavy atom. The van der Waals surface area contributed by atoms with Crippen molar-refractivity contribution < 1.29 is 9.53 Å². The zero-order valence-corrected chi connectivity index (χ0v) is 13.5.